The van der Waals surface area contributed by atoms with Gasteiger partial charge < -0.3 is 5.73 Å². The van der Waals surface area contributed by atoms with Crippen LogP contribution in [-0.2, 0) is 6.18 Å². The van der Waals surface area contributed by atoms with E-state index in [0.717, 1.165) is 6.07 Å². The van der Waals surface area contributed by atoms with E-state index in [9.17, 15) is 23.3 Å². The molecule has 2 aromatic carbocycles. The van der Waals surface area contributed by atoms with Crippen molar-refractivity contribution < 1.29 is 18.1 Å². The molecule has 2 aromatic rings. The second-order valence-corrected chi connectivity index (χ2v) is 4.79. The molecule has 0 aliphatic rings. The second-order valence-electron chi connectivity index (χ2n) is 4.79. The molecule has 0 bridgehead atoms. The number of aliphatic imine (C=N–C) groups is 1. The number of halogens is 3. The molecule has 0 fully saturated rings. The highest BCUT2D eigenvalue weighted by Gasteiger charge is 2.33. The van der Waals surface area contributed by atoms with E-state index in [1.807, 2.05) is 0 Å². The summed E-state index contributed by atoms with van der Waals surface area (Å²) in [5, 5.41) is 10.8. The Kier molecular flexibility index (Phi) is 4.68. The number of alkyl halides is 3. The van der Waals surface area contributed by atoms with Crippen molar-refractivity contribution >= 4 is 17.2 Å². The lowest BCUT2D eigenvalue weighted by Crippen LogP contribution is -2.14. The van der Waals surface area contributed by atoms with Gasteiger partial charge in [0.2, 0.25) is 0 Å². The molecule has 0 aromatic heterocycles. The van der Waals surface area contributed by atoms with Crippen LogP contribution in [0.5, 0.6) is 0 Å². The Balaban J connectivity index is 2.40. The van der Waals surface area contributed by atoms with Crippen molar-refractivity contribution in [1.29, 1.82) is 0 Å². The zero-order valence-corrected chi connectivity index (χ0v) is 12.2. The summed E-state index contributed by atoms with van der Waals surface area (Å²) in [5.41, 5.74) is 4.48. The average molecular weight is 335 g/mol. The van der Waals surface area contributed by atoms with E-state index in [1.165, 1.54) is 42.5 Å². The van der Waals surface area contributed by atoms with E-state index in [-0.39, 0.29) is 28.3 Å². The lowest BCUT2D eigenvalue weighted by atomic mass is 10.0. The summed E-state index contributed by atoms with van der Waals surface area (Å²) in [7, 11) is 0. The van der Waals surface area contributed by atoms with Crippen LogP contribution in [0.25, 0.3) is 5.70 Å². The summed E-state index contributed by atoms with van der Waals surface area (Å²) < 4.78 is 39.0. The number of benzene rings is 2. The Bertz CT molecular complexity index is 829. The number of hydrogen-bond acceptors (Lipinski definition) is 3. The average Bonchev–Trinajstić information content (AvgIpc) is 2.54. The van der Waals surface area contributed by atoms with E-state index < -0.39 is 16.7 Å². The van der Waals surface area contributed by atoms with Crippen molar-refractivity contribution in [2.75, 3.05) is 0 Å². The maximum Gasteiger partial charge on any atom is 0.417 e. The molecule has 0 unspecified atom stereocenters. The minimum atomic E-state index is -4.56. The minimum Gasteiger partial charge on any atom is -0.383 e. The van der Waals surface area contributed by atoms with Crippen LogP contribution in [0.3, 0.4) is 0 Å². The highest BCUT2D eigenvalue weighted by Crippen LogP contribution is 2.34. The van der Waals surface area contributed by atoms with E-state index in [1.54, 1.807) is 0 Å². The Labute approximate surface area is 135 Å². The molecule has 8 heteroatoms. The van der Waals surface area contributed by atoms with Gasteiger partial charge >= 0.3 is 6.18 Å². The third-order valence-electron chi connectivity index (χ3n) is 3.15. The molecule has 0 aliphatic carbocycles. The number of nitrogens with two attached hydrogens (primary N) is 1. The van der Waals surface area contributed by atoms with Crippen molar-refractivity contribution in [3.8, 4) is 0 Å². The van der Waals surface area contributed by atoms with Gasteiger partial charge in [0.1, 0.15) is 5.84 Å². The molecule has 0 saturated heterocycles. The maximum absolute atomic E-state index is 13.0. The molecule has 0 saturated carbocycles. The van der Waals surface area contributed by atoms with Crippen LogP contribution in [0, 0.1) is 10.1 Å². The summed E-state index contributed by atoms with van der Waals surface area (Å²) >= 11 is 0. The van der Waals surface area contributed by atoms with Crippen molar-refractivity contribution in [3.05, 3.63) is 81.9 Å². The van der Waals surface area contributed by atoms with E-state index in [0.29, 0.717) is 0 Å². The Morgan fingerprint density at radius 3 is 2.46 bits per heavy atom. The molecule has 0 spiro atoms. The number of nitro groups is 1. The first kappa shape index (κ1) is 17.2. The topological polar surface area (TPSA) is 81.5 Å². The molecular formula is C16H12F3N3O2. The first-order chi connectivity index (χ1) is 11.2. The highest BCUT2D eigenvalue weighted by molar-refractivity contribution is 6.01. The summed E-state index contributed by atoms with van der Waals surface area (Å²) in [6.45, 7) is 3.52. The SMILES string of the molecule is C=C(N=C(N)c1cccc([N+](=O)[O-])c1)c1ccccc1C(F)(F)F. The zero-order chi connectivity index (χ0) is 17.9. The number of amidine groups is 1. The first-order valence-electron chi connectivity index (χ1n) is 6.64. The molecule has 5 nitrogen and oxygen atoms in total. The largest absolute Gasteiger partial charge is 0.417 e. The molecule has 0 amide bonds. The monoisotopic (exact) mass is 335 g/mol. The van der Waals surface area contributed by atoms with Crippen LogP contribution in [0.15, 0.2) is 60.1 Å². The molecule has 2 rings (SSSR count). The van der Waals surface area contributed by atoms with Crippen LogP contribution < -0.4 is 5.73 Å². The molecular weight excluding hydrogens is 323 g/mol. The third kappa shape index (κ3) is 3.78. The Morgan fingerprint density at radius 1 is 1.17 bits per heavy atom. The molecule has 0 heterocycles. The van der Waals surface area contributed by atoms with Gasteiger partial charge in [0, 0.05) is 23.3 Å². The van der Waals surface area contributed by atoms with Crippen LogP contribution in [0.1, 0.15) is 16.7 Å². The zero-order valence-electron chi connectivity index (χ0n) is 12.2. The van der Waals surface area contributed by atoms with Gasteiger partial charge in [-0.2, -0.15) is 13.2 Å². The lowest BCUT2D eigenvalue weighted by Gasteiger charge is -2.12. The van der Waals surface area contributed by atoms with Crippen LogP contribution in [-0.4, -0.2) is 10.8 Å². The van der Waals surface area contributed by atoms with Gasteiger partial charge in [-0.15, -0.1) is 0 Å². The van der Waals surface area contributed by atoms with Gasteiger partial charge in [-0.25, -0.2) is 4.99 Å². The molecule has 0 atom stereocenters. The van der Waals surface area contributed by atoms with Gasteiger partial charge in [0.25, 0.3) is 5.69 Å². The quantitative estimate of drug-likeness (QED) is 0.397. The normalized spacial score (nSPS) is 12.0. The Morgan fingerprint density at radius 2 is 1.83 bits per heavy atom. The predicted octanol–water partition coefficient (Wildman–Crippen LogP) is 3.99. The lowest BCUT2D eigenvalue weighted by molar-refractivity contribution is -0.384. The molecule has 124 valence electrons. The highest BCUT2D eigenvalue weighted by atomic mass is 19.4. The second kappa shape index (κ2) is 6.53. The number of nitrogens with zero attached hydrogens (tertiary/aromatic N) is 2. The van der Waals surface area contributed by atoms with Crippen molar-refractivity contribution in [2.45, 2.75) is 6.18 Å². The van der Waals surface area contributed by atoms with E-state index >= 15 is 0 Å². The molecule has 24 heavy (non-hydrogen) atoms. The summed E-state index contributed by atoms with van der Waals surface area (Å²) in [6, 6.07) is 10.2. The van der Waals surface area contributed by atoms with E-state index in [2.05, 4.69) is 11.6 Å². The van der Waals surface area contributed by atoms with Crippen LogP contribution in [0.4, 0.5) is 18.9 Å². The fourth-order valence-electron chi connectivity index (χ4n) is 2.03. The number of rotatable bonds is 4. The van der Waals surface area contributed by atoms with Crippen LogP contribution >= 0.6 is 0 Å². The summed E-state index contributed by atoms with van der Waals surface area (Å²) in [4.78, 5) is 14.0. The van der Waals surface area contributed by atoms with Gasteiger partial charge in [-0.3, -0.25) is 10.1 Å². The fraction of sp³-hybridized carbons (Fsp3) is 0.0625. The van der Waals surface area contributed by atoms with Crippen molar-refractivity contribution in [2.24, 2.45) is 10.7 Å². The smallest absolute Gasteiger partial charge is 0.383 e. The fourth-order valence-corrected chi connectivity index (χ4v) is 2.03. The van der Waals surface area contributed by atoms with Gasteiger partial charge in [0.15, 0.2) is 0 Å². The first-order valence-corrected chi connectivity index (χ1v) is 6.64. The molecule has 0 radical (unpaired) electrons. The van der Waals surface area contributed by atoms with Gasteiger partial charge in [0.05, 0.1) is 16.2 Å². The van der Waals surface area contributed by atoms with Gasteiger partial charge in [-0.1, -0.05) is 36.9 Å². The molecule has 0 aliphatic heterocycles. The third-order valence-corrected chi connectivity index (χ3v) is 3.15. The summed E-state index contributed by atoms with van der Waals surface area (Å²) in [5.74, 6) is -0.166. The maximum atomic E-state index is 13.0. The standard InChI is InChI=1S/C16H12F3N3O2/c1-10(13-7-2-3-8-14(13)16(17,18)19)21-15(20)11-5-4-6-12(9-11)22(23)24/h2-9H,1H2,(H2,20,21). The predicted molar refractivity (Wildman–Crippen MR) is 84.3 cm³/mol. The number of hydrogen-bond donors (Lipinski definition) is 1. The number of non-ortho nitro benzene ring substituents is 1. The van der Waals surface area contributed by atoms with E-state index in [4.69, 9.17) is 5.73 Å². The Hall–Kier alpha value is -3.16. The summed E-state index contributed by atoms with van der Waals surface area (Å²) in [6.07, 6.45) is -4.56. The van der Waals surface area contributed by atoms with Crippen molar-refractivity contribution in [3.63, 3.8) is 0 Å². The molecule has 2 N–H and O–H groups in total. The van der Waals surface area contributed by atoms with Crippen LogP contribution in [0.2, 0.25) is 0 Å². The number of nitro benzene ring substituents is 1. The minimum absolute atomic E-state index is 0.166. The van der Waals surface area contributed by atoms with Gasteiger partial charge in [-0.05, 0) is 6.07 Å². The van der Waals surface area contributed by atoms with Crippen molar-refractivity contribution in [1.82, 2.24) is 0 Å².